The van der Waals surface area contributed by atoms with Crippen LogP contribution in [0.1, 0.15) is 0 Å². The molecular formula is C20H19BrN4O2S. The summed E-state index contributed by atoms with van der Waals surface area (Å²) in [6, 6.07) is 16.9. The van der Waals surface area contributed by atoms with E-state index in [-0.39, 0.29) is 11.7 Å². The highest BCUT2D eigenvalue weighted by molar-refractivity contribution is 9.10. The van der Waals surface area contributed by atoms with E-state index >= 15 is 0 Å². The second kappa shape index (κ2) is 10.1. The molecule has 0 aromatic heterocycles. The summed E-state index contributed by atoms with van der Waals surface area (Å²) in [5, 5.41) is 9.57. The fourth-order valence-corrected chi connectivity index (χ4v) is 3.27. The van der Waals surface area contributed by atoms with E-state index in [4.69, 9.17) is 4.74 Å². The van der Waals surface area contributed by atoms with E-state index in [0.717, 1.165) is 10.2 Å². The first-order chi connectivity index (χ1) is 13.6. The second-order valence-corrected chi connectivity index (χ2v) is 7.64. The van der Waals surface area contributed by atoms with Gasteiger partial charge in [0.25, 0.3) is 0 Å². The molecule has 0 fully saturated rings. The molecule has 2 aromatic carbocycles. The summed E-state index contributed by atoms with van der Waals surface area (Å²) in [6.07, 6.45) is 1.76. The van der Waals surface area contributed by atoms with E-state index < -0.39 is 0 Å². The minimum Gasteiger partial charge on any atom is -0.441 e. The third-order valence-corrected chi connectivity index (χ3v) is 4.91. The highest BCUT2D eigenvalue weighted by atomic mass is 79.9. The predicted octanol–water partition coefficient (Wildman–Crippen LogP) is 4.37. The van der Waals surface area contributed by atoms with Gasteiger partial charge >= 0.3 is 0 Å². The van der Waals surface area contributed by atoms with Crippen LogP contribution in [0.3, 0.4) is 0 Å². The largest absolute Gasteiger partial charge is 0.441 e. The Kier molecular flexibility index (Phi) is 7.27. The van der Waals surface area contributed by atoms with Crippen LogP contribution in [-0.4, -0.2) is 40.8 Å². The van der Waals surface area contributed by atoms with E-state index in [0.29, 0.717) is 29.9 Å². The number of halogens is 1. The van der Waals surface area contributed by atoms with Crippen LogP contribution in [-0.2, 0) is 4.79 Å². The number of anilines is 1. The Balaban J connectivity index is 1.61. The minimum atomic E-state index is -0.128. The lowest BCUT2D eigenvalue weighted by Gasteiger charge is -2.23. The zero-order valence-corrected chi connectivity index (χ0v) is 17.4. The molecule has 1 heterocycles. The first-order valence-corrected chi connectivity index (χ1v) is 10.3. The molecule has 28 heavy (non-hydrogen) atoms. The first-order valence-electron chi connectivity index (χ1n) is 8.55. The maximum Gasteiger partial charge on any atom is 0.234 e. The van der Waals surface area contributed by atoms with E-state index in [1.165, 1.54) is 11.8 Å². The van der Waals surface area contributed by atoms with Gasteiger partial charge in [-0.2, -0.15) is 4.99 Å². The van der Waals surface area contributed by atoms with Crippen molar-refractivity contribution in [2.24, 2.45) is 10.1 Å². The van der Waals surface area contributed by atoms with Crippen molar-refractivity contribution in [1.29, 1.82) is 0 Å². The number of carbonyl (C=O) groups excluding carboxylic acids is 1. The molecule has 0 radical (unpaired) electrons. The zero-order valence-electron chi connectivity index (χ0n) is 15.0. The number of rotatable bonds is 6. The summed E-state index contributed by atoms with van der Waals surface area (Å²) >= 11 is 4.63. The Bertz CT molecular complexity index is 885. The maximum atomic E-state index is 12.2. The Labute approximate surface area is 176 Å². The third kappa shape index (κ3) is 6.24. The third-order valence-electron chi connectivity index (χ3n) is 3.54. The molecule has 0 saturated heterocycles. The molecule has 0 saturated carbocycles. The fraction of sp³-hybridized carbons (Fsp3) is 0.150. The highest BCUT2D eigenvalue weighted by Gasteiger charge is 2.18. The van der Waals surface area contributed by atoms with Gasteiger partial charge in [-0.05, 0) is 36.4 Å². The lowest BCUT2D eigenvalue weighted by Crippen LogP contribution is -2.33. The van der Waals surface area contributed by atoms with Crippen LogP contribution >= 0.6 is 27.7 Å². The van der Waals surface area contributed by atoms with Gasteiger partial charge < -0.3 is 10.1 Å². The second-order valence-electron chi connectivity index (χ2n) is 5.78. The number of ether oxygens (including phenoxy) is 1. The minimum absolute atomic E-state index is 0.128. The normalized spacial score (nSPS) is 13.4. The molecule has 8 heteroatoms. The standard InChI is InChI=1S/C20H19BrN4O2S/c1-2-12-25-13-19(27-17-6-4-3-5-7-17)23-20(24-25)28-14-18(26)22-16-10-8-15(21)9-11-16/h2-11H,1,12-14H2,(H,22,26). The van der Waals surface area contributed by atoms with Crippen LogP contribution in [0.2, 0.25) is 0 Å². The topological polar surface area (TPSA) is 66.3 Å². The Morgan fingerprint density at radius 1 is 1.25 bits per heavy atom. The number of amidine groups is 1. The number of amides is 1. The van der Waals surface area contributed by atoms with Crippen molar-refractivity contribution in [3.8, 4) is 5.75 Å². The molecule has 1 aliphatic heterocycles. The molecule has 1 amide bonds. The number of hydrazone groups is 1. The van der Waals surface area contributed by atoms with Gasteiger partial charge in [0.05, 0.1) is 12.3 Å². The summed E-state index contributed by atoms with van der Waals surface area (Å²) in [7, 11) is 0. The zero-order chi connectivity index (χ0) is 19.8. The van der Waals surface area contributed by atoms with Gasteiger partial charge in [-0.1, -0.05) is 52.0 Å². The van der Waals surface area contributed by atoms with Gasteiger partial charge in [-0.15, -0.1) is 11.7 Å². The number of benzene rings is 2. The molecule has 144 valence electrons. The smallest absolute Gasteiger partial charge is 0.234 e. The summed E-state index contributed by atoms with van der Waals surface area (Å²) in [6.45, 7) is 4.75. The van der Waals surface area contributed by atoms with Gasteiger partial charge in [0, 0.05) is 10.2 Å². The van der Waals surface area contributed by atoms with E-state index in [1.54, 1.807) is 11.1 Å². The molecular weight excluding hydrogens is 440 g/mol. The summed E-state index contributed by atoms with van der Waals surface area (Å²) in [5.74, 6) is 1.30. The van der Waals surface area contributed by atoms with Crippen LogP contribution in [0.15, 0.2) is 81.8 Å². The summed E-state index contributed by atoms with van der Waals surface area (Å²) in [5.41, 5.74) is 0.740. The van der Waals surface area contributed by atoms with Crippen molar-refractivity contribution in [3.05, 3.63) is 71.7 Å². The SMILES string of the molecule is C=CCN1CC(Oc2ccccc2)=NC(SCC(=O)Nc2ccc(Br)cc2)=N1. The van der Waals surface area contributed by atoms with E-state index in [9.17, 15) is 4.79 Å². The lowest BCUT2D eigenvalue weighted by molar-refractivity contribution is -0.113. The number of hydrogen-bond acceptors (Lipinski definition) is 6. The van der Waals surface area contributed by atoms with Crippen LogP contribution < -0.4 is 10.1 Å². The Morgan fingerprint density at radius 3 is 2.71 bits per heavy atom. The number of para-hydroxylation sites is 1. The van der Waals surface area contributed by atoms with Crippen molar-refractivity contribution in [2.75, 3.05) is 24.2 Å². The number of nitrogens with zero attached hydrogens (tertiary/aromatic N) is 3. The maximum absolute atomic E-state index is 12.2. The van der Waals surface area contributed by atoms with Crippen molar-refractivity contribution >= 4 is 50.4 Å². The molecule has 0 spiro atoms. The molecule has 6 nitrogen and oxygen atoms in total. The van der Waals surface area contributed by atoms with Crippen LogP contribution in [0.5, 0.6) is 5.75 Å². The average molecular weight is 459 g/mol. The Morgan fingerprint density at radius 2 is 2.00 bits per heavy atom. The molecule has 1 N–H and O–H groups in total. The van der Waals surface area contributed by atoms with Crippen LogP contribution in [0.25, 0.3) is 0 Å². The van der Waals surface area contributed by atoms with Crippen molar-refractivity contribution in [2.45, 2.75) is 0 Å². The van der Waals surface area contributed by atoms with Gasteiger partial charge in [0.2, 0.25) is 17.0 Å². The van der Waals surface area contributed by atoms with Crippen molar-refractivity contribution in [1.82, 2.24) is 5.01 Å². The summed E-state index contributed by atoms with van der Waals surface area (Å²) < 4.78 is 6.81. The highest BCUT2D eigenvalue weighted by Crippen LogP contribution is 2.17. The predicted molar refractivity (Wildman–Crippen MR) is 119 cm³/mol. The molecule has 0 atom stereocenters. The number of carbonyl (C=O) groups is 1. The lowest BCUT2D eigenvalue weighted by atomic mass is 10.3. The van der Waals surface area contributed by atoms with E-state index in [2.05, 4.69) is 37.9 Å². The number of hydrogen-bond donors (Lipinski definition) is 1. The fourth-order valence-electron chi connectivity index (χ4n) is 2.33. The monoisotopic (exact) mass is 458 g/mol. The number of thioether (sulfide) groups is 1. The molecule has 3 rings (SSSR count). The summed E-state index contributed by atoms with van der Waals surface area (Å²) in [4.78, 5) is 16.7. The van der Waals surface area contributed by atoms with Crippen molar-refractivity contribution < 1.29 is 9.53 Å². The van der Waals surface area contributed by atoms with Gasteiger partial charge in [-0.25, -0.2) is 0 Å². The molecule has 1 aliphatic rings. The molecule has 2 aromatic rings. The number of aliphatic imine (C=N–C) groups is 1. The van der Waals surface area contributed by atoms with Gasteiger partial charge in [0.1, 0.15) is 12.3 Å². The molecule has 0 unspecified atom stereocenters. The molecule has 0 aliphatic carbocycles. The molecule has 0 bridgehead atoms. The first kappa shape index (κ1) is 20.2. The quantitative estimate of drug-likeness (QED) is 0.652. The van der Waals surface area contributed by atoms with Gasteiger partial charge in [-0.3, -0.25) is 9.80 Å². The van der Waals surface area contributed by atoms with Crippen LogP contribution in [0.4, 0.5) is 5.69 Å². The van der Waals surface area contributed by atoms with Crippen molar-refractivity contribution in [3.63, 3.8) is 0 Å². The number of nitrogens with one attached hydrogen (secondary N) is 1. The van der Waals surface area contributed by atoms with E-state index in [1.807, 2.05) is 54.6 Å². The van der Waals surface area contributed by atoms with Gasteiger partial charge in [0.15, 0.2) is 0 Å². The van der Waals surface area contributed by atoms with Crippen LogP contribution in [0, 0.1) is 0 Å². The Hall–Kier alpha value is -2.58. The average Bonchev–Trinajstić information content (AvgIpc) is 2.69.